The predicted octanol–water partition coefficient (Wildman–Crippen LogP) is 3.44. The first-order valence-electron chi connectivity index (χ1n) is 9.47. The average Bonchev–Trinajstić information content (AvgIpc) is 3.01. The summed E-state index contributed by atoms with van der Waals surface area (Å²) in [6.07, 6.45) is 1.21. The molecule has 6 nitrogen and oxygen atoms in total. The van der Waals surface area contributed by atoms with E-state index in [1.54, 1.807) is 11.8 Å². The van der Waals surface area contributed by atoms with Gasteiger partial charge in [-0.3, -0.25) is 4.79 Å². The number of amides is 2. The molecule has 1 saturated heterocycles. The first-order valence-corrected chi connectivity index (χ1v) is 9.47. The number of nitrogens with zero attached hydrogens (tertiary/aromatic N) is 2. The van der Waals surface area contributed by atoms with Crippen molar-refractivity contribution in [3.8, 4) is 5.69 Å². The topological polar surface area (TPSA) is 63.6 Å². The largest absolute Gasteiger partial charge is 0.450 e. The molecule has 2 amide bonds. The van der Waals surface area contributed by atoms with Gasteiger partial charge in [0.1, 0.15) is 0 Å². The van der Waals surface area contributed by atoms with Crippen molar-refractivity contribution in [3.63, 3.8) is 0 Å². The van der Waals surface area contributed by atoms with Crippen molar-refractivity contribution in [3.05, 3.63) is 53.3 Å². The molecule has 1 aliphatic rings. The molecule has 0 bridgehead atoms. The molecule has 0 atom stereocenters. The minimum Gasteiger partial charge on any atom is -0.450 e. The quantitative estimate of drug-likeness (QED) is 0.898. The van der Waals surface area contributed by atoms with Crippen LogP contribution in [0.15, 0.2) is 36.4 Å². The lowest BCUT2D eigenvalue weighted by molar-refractivity contribution is 0.0860. The van der Waals surface area contributed by atoms with Crippen LogP contribution in [-0.2, 0) is 4.74 Å². The van der Waals surface area contributed by atoms with Gasteiger partial charge < -0.3 is 19.5 Å². The van der Waals surface area contributed by atoms with E-state index in [9.17, 15) is 9.59 Å². The molecule has 0 aliphatic carbocycles. The SMILES string of the molecule is CCOC(=O)N1CCC(NC(=O)c2ccc(-n3c(C)ccc3C)cc2)CC1. The van der Waals surface area contributed by atoms with Crippen molar-refractivity contribution in [2.45, 2.75) is 39.7 Å². The molecular formula is C21H27N3O3. The smallest absolute Gasteiger partial charge is 0.409 e. The number of aromatic nitrogens is 1. The van der Waals surface area contributed by atoms with E-state index in [2.05, 4.69) is 35.9 Å². The van der Waals surface area contributed by atoms with Crippen LogP contribution in [0.5, 0.6) is 0 Å². The van der Waals surface area contributed by atoms with Gasteiger partial charge in [0.15, 0.2) is 0 Å². The van der Waals surface area contributed by atoms with Gasteiger partial charge in [0.25, 0.3) is 5.91 Å². The van der Waals surface area contributed by atoms with Crippen LogP contribution >= 0.6 is 0 Å². The molecule has 27 heavy (non-hydrogen) atoms. The number of aryl methyl sites for hydroxylation is 2. The summed E-state index contributed by atoms with van der Waals surface area (Å²) in [5, 5.41) is 3.08. The third kappa shape index (κ3) is 4.32. The van der Waals surface area contributed by atoms with Crippen LogP contribution in [0.1, 0.15) is 41.5 Å². The summed E-state index contributed by atoms with van der Waals surface area (Å²) in [7, 11) is 0. The Morgan fingerprint density at radius 3 is 2.19 bits per heavy atom. The van der Waals surface area contributed by atoms with Crippen LogP contribution in [0.2, 0.25) is 0 Å². The minimum atomic E-state index is -0.270. The first kappa shape index (κ1) is 19.0. The normalized spacial score (nSPS) is 14.9. The maximum atomic E-state index is 12.5. The summed E-state index contributed by atoms with van der Waals surface area (Å²) in [6, 6.07) is 11.9. The van der Waals surface area contributed by atoms with Gasteiger partial charge in [-0.15, -0.1) is 0 Å². The average molecular weight is 369 g/mol. The van der Waals surface area contributed by atoms with E-state index >= 15 is 0 Å². The Kier molecular flexibility index (Phi) is 5.84. The number of piperidine rings is 1. The van der Waals surface area contributed by atoms with Crippen LogP contribution < -0.4 is 5.32 Å². The number of hydrogen-bond acceptors (Lipinski definition) is 3. The lowest BCUT2D eigenvalue weighted by Gasteiger charge is -2.31. The van der Waals surface area contributed by atoms with E-state index in [1.807, 2.05) is 24.3 Å². The minimum absolute atomic E-state index is 0.0721. The number of carbonyl (C=O) groups is 2. The molecule has 3 rings (SSSR count). The van der Waals surface area contributed by atoms with Crippen molar-refractivity contribution in [1.29, 1.82) is 0 Å². The standard InChI is InChI=1S/C21H27N3O3/c1-4-27-21(26)23-13-11-18(12-14-23)22-20(25)17-7-9-19(10-8-17)24-15(2)5-6-16(24)3/h5-10,18H,4,11-14H2,1-3H3,(H,22,25). The monoisotopic (exact) mass is 369 g/mol. The Labute approximate surface area is 160 Å². The molecule has 0 radical (unpaired) electrons. The van der Waals surface area contributed by atoms with Crippen LogP contribution in [0.4, 0.5) is 4.79 Å². The molecule has 0 unspecified atom stereocenters. The van der Waals surface area contributed by atoms with Gasteiger partial charge in [0.05, 0.1) is 6.61 Å². The fourth-order valence-electron chi connectivity index (χ4n) is 3.53. The highest BCUT2D eigenvalue weighted by Crippen LogP contribution is 2.17. The second-order valence-electron chi connectivity index (χ2n) is 6.93. The molecular weight excluding hydrogens is 342 g/mol. The van der Waals surface area contributed by atoms with E-state index in [-0.39, 0.29) is 18.0 Å². The summed E-state index contributed by atoms with van der Waals surface area (Å²) >= 11 is 0. The number of likely N-dealkylation sites (tertiary alicyclic amines) is 1. The lowest BCUT2D eigenvalue weighted by Crippen LogP contribution is -2.46. The van der Waals surface area contributed by atoms with Gasteiger partial charge in [0.2, 0.25) is 0 Å². The van der Waals surface area contributed by atoms with Crippen LogP contribution in [0, 0.1) is 13.8 Å². The van der Waals surface area contributed by atoms with E-state index in [0.29, 0.717) is 25.3 Å². The highest BCUT2D eigenvalue weighted by molar-refractivity contribution is 5.94. The number of rotatable bonds is 4. The van der Waals surface area contributed by atoms with Crippen molar-refractivity contribution >= 4 is 12.0 Å². The third-order valence-corrected chi connectivity index (χ3v) is 5.02. The number of benzene rings is 1. The zero-order chi connectivity index (χ0) is 19.4. The van der Waals surface area contributed by atoms with Gasteiger partial charge in [-0.05, 0) is 70.0 Å². The first-order chi connectivity index (χ1) is 13.0. The van der Waals surface area contributed by atoms with E-state index in [1.165, 1.54) is 0 Å². The maximum Gasteiger partial charge on any atom is 0.409 e. The van der Waals surface area contributed by atoms with Crippen molar-refractivity contribution in [1.82, 2.24) is 14.8 Å². The van der Waals surface area contributed by atoms with Crippen LogP contribution in [0.25, 0.3) is 5.69 Å². The molecule has 1 aromatic carbocycles. The predicted molar refractivity (Wildman–Crippen MR) is 104 cm³/mol. The Bertz CT molecular complexity index is 783. The molecule has 2 aromatic rings. The lowest BCUT2D eigenvalue weighted by atomic mass is 10.0. The summed E-state index contributed by atoms with van der Waals surface area (Å²) < 4.78 is 7.18. The molecule has 144 valence electrons. The molecule has 2 heterocycles. The second kappa shape index (κ2) is 8.29. The number of carbonyl (C=O) groups excluding carboxylic acids is 2. The van der Waals surface area contributed by atoms with E-state index < -0.39 is 0 Å². The van der Waals surface area contributed by atoms with Gasteiger partial charge >= 0.3 is 6.09 Å². The molecule has 0 saturated carbocycles. The Balaban J connectivity index is 1.57. The highest BCUT2D eigenvalue weighted by Gasteiger charge is 2.24. The zero-order valence-electron chi connectivity index (χ0n) is 16.2. The van der Waals surface area contributed by atoms with Gasteiger partial charge in [-0.1, -0.05) is 0 Å². The molecule has 6 heteroatoms. The van der Waals surface area contributed by atoms with Crippen LogP contribution in [0.3, 0.4) is 0 Å². The van der Waals surface area contributed by atoms with Crippen LogP contribution in [-0.4, -0.2) is 47.2 Å². The van der Waals surface area contributed by atoms with E-state index in [0.717, 1.165) is 29.9 Å². The highest BCUT2D eigenvalue weighted by atomic mass is 16.6. The molecule has 0 spiro atoms. The molecule has 1 aliphatic heterocycles. The summed E-state index contributed by atoms with van der Waals surface area (Å²) in [4.78, 5) is 26.0. The fourth-order valence-corrected chi connectivity index (χ4v) is 3.53. The van der Waals surface area contributed by atoms with Gasteiger partial charge in [-0.25, -0.2) is 4.79 Å². The summed E-state index contributed by atoms with van der Waals surface area (Å²) in [5.74, 6) is -0.0721. The Morgan fingerprint density at radius 1 is 1.04 bits per heavy atom. The van der Waals surface area contributed by atoms with Crippen molar-refractivity contribution in [2.75, 3.05) is 19.7 Å². The van der Waals surface area contributed by atoms with Gasteiger partial charge in [0, 0.05) is 41.8 Å². The maximum absolute atomic E-state index is 12.5. The molecule has 1 fully saturated rings. The third-order valence-electron chi connectivity index (χ3n) is 5.02. The van der Waals surface area contributed by atoms with Crippen molar-refractivity contribution < 1.29 is 14.3 Å². The second-order valence-corrected chi connectivity index (χ2v) is 6.93. The summed E-state index contributed by atoms with van der Waals surface area (Å²) in [5.41, 5.74) is 4.03. The van der Waals surface area contributed by atoms with Gasteiger partial charge in [-0.2, -0.15) is 0 Å². The molecule has 1 aromatic heterocycles. The number of ether oxygens (including phenoxy) is 1. The summed E-state index contributed by atoms with van der Waals surface area (Å²) in [6.45, 7) is 7.53. The number of nitrogens with one attached hydrogen (secondary N) is 1. The number of hydrogen-bond donors (Lipinski definition) is 1. The molecule has 1 N–H and O–H groups in total. The van der Waals surface area contributed by atoms with E-state index in [4.69, 9.17) is 4.74 Å². The Hall–Kier alpha value is -2.76. The fraction of sp³-hybridized carbons (Fsp3) is 0.429. The van der Waals surface area contributed by atoms with Crippen molar-refractivity contribution in [2.24, 2.45) is 0 Å². The Morgan fingerprint density at radius 2 is 1.63 bits per heavy atom. The zero-order valence-corrected chi connectivity index (χ0v) is 16.2.